The molecule has 3 N–H and O–H groups in total. The molecule has 0 aliphatic heterocycles. The first kappa shape index (κ1) is 21.5. The van der Waals surface area contributed by atoms with Gasteiger partial charge in [0.05, 0.1) is 0 Å². The first-order valence-electron chi connectivity index (χ1n) is 8.85. The molecule has 0 atom stereocenters. The van der Waals surface area contributed by atoms with Crippen LogP contribution in [0.4, 0.5) is 0 Å². The second kappa shape index (κ2) is 14.1. The summed E-state index contributed by atoms with van der Waals surface area (Å²) in [6, 6.07) is 0. The Morgan fingerprint density at radius 3 is 1.43 bits per heavy atom. The Bertz CT molecular complexity index is 374. The van der Waals surface area contributed by atoms with Crippen molar-refractivity contribution in [3.8, 4) is 0 Å². The van der Waals surface area contributed by atoms with Gasteiger partial charge in [-0.2, -0.15) is 0 Å². The van der Waals surface area contributed by atoms with E-state index in [9.17, 15) is 19.8 Å². The zero-order valence-corrected chi connectivity index (χ0v) is 14.4. The molecular formula is C18H32O5. The number of hydrogen-bond acceptors (Lipinski definition) is 4. The summed E-state index contributed by atoms with van der Waals surface area (Å²) in [6.07, 6.45) is 10.7. The fourth-order valence-electron chi connectivity index (χ4n) is 2.40. The number of aliphatic hydroxyl groups is 2. The zero-order valence-electron chi connectivity index (χ0n) is 14.4. The van der Waals surface area contributed by atoms with Crippen LogP contribution in [-0.4, -0.2) is 27.1 Å². The van der Waals surface area contributed by atoms with E-state index in [2.05, 4.69) is 6.92 Å². The number of carboxylic acid groups (broad SMARTS) is 1. The third-order valence-corrected chi connectivity index (χ3v) is 3.91. The molecule has 0 spiro atoms. The molecule has 0 radical (unpaired) electrons. The van der Waals surface area contributed by atoms with Crippen molar-refractivity contribution in [1.82, 2.24) is 0 Å². The van der Waals surface area contributed by atoms with E-state index >= 15 is 0 Å². The van der Waals surface area contributed by atoms with E-state index in [-0.39, 0.29) is 17.9 Å². The molecular weight excluding hydrogens is 296 g/mol. The van der Waals surface area contributed by atoms with Crippen LogP contribution in [0, 0.1) is 0 Å². The summed E-state index contributed by atoms with van der Waals surface area (Å²) in [5.74, 6) is -1.87. The first-order chi connectivity index (χ1) is 11.0. The first-order valence-corrected chi connectivity index (χ1v) is 8.85. The molecule has 0 aromatic heterocycles. The fraction of sp³-hybridized carbons (Fsp3) is 0.778. The minimum atomic E-state index is -1.36. The van der Waals surface area contributed by atoms with Crippen LogP contribution < -0.4 is 0 Å². The maximum atomic E-state index is 10.9. The Morgan fingerprint density at radius 2 is 1.00 bits per heavy atom. The quantitative estimate of drug-likeness (QED) is 0.222. The highest BCUT2D eigenvalue weighted by atomic mass is 16.4. The molecule has 0 bridgehead atoms. The van der Waals surface area contributed by atoms with Gasteiger partial charge in [-0.15, -0.1) is 0 Å². The van der Waals surface area contributed by atoms with Crippen LogP contribution in [-0.2, 0) is 9.59 Å². The Morgan fingerprint density at radius 1 is 0.609 bits per heavy atom. The second-order valence-corrected chi connectivity index (χ2v) is 6.05. The van der Waals surface area contributed by atoms with Crippen LogP contribution in [0.5, 0.6) is 0 Å². The average Bonchev–Trinajstić information content (AvgIpc) is 2.52. The number of Topliss-reactive ketones (excluding diaryl/α,β-unsaturated/α-hetero) is 1. The van der Waals surface area contributed by atoms with E-state index in [4.69, 9.17) is 5.11 Å². The molecule has 0 heterocycles. The molecule has 0 fully saturated rings. The van der Waals surface area contributed by atoms with Crippen LogP contribution in [0.15, 0.2) is 11.5 Å². The number of unbranched alkanes of at least 4 members (excludes halogenated alkanes) is 8. The van der Waals surface area contributed by atoms with Gasteiger partial charge in [0.2, 0.25) is 5.78 Å². The second-order valence-electron chi connectivity index (χ2n) is 6.05. The van der Waals surface area contributed by atoms with Crippen LogP contribution in [0.25, 0.3) is 0 Å². The summed E-state index contributed by atoms with van der Waals surface area (Å²) >= 11 is 0. The summed E-state index contributed by atoms with van der Waals surface area (Å²) in [5.41, 5.74) is 0. The SMILES string of the molecule is CCCCCCCC(O)=C(O)CCCCCCCC(=O)C(=O)O. The molecule has 0 aliphatic rings. The van der Waals surface area contributed by atoms with Crippen molar-refractivity contribution in [3.63, 3.8) is 0 Å². The molecule has 0 aromatic rings. The van der Waals surface area contributed by atoms with Crippen LogP contribution >= 0.6 is 0 Å². The smallest absolute Gasteiger partial charge is 0.372 e. The summed E-state index contributed by atoms with van der Waals surface area (Å²) in [7, 11) is 0. The summed E-state index contributed by atoms with van der Waals surface area (Å²) in [6.45, 7) is 2.16. The number of aliphatic carboxylic acids is 1. The summed E-state index contributed by atoms with van der Waals surface area (Å²) < 4.78 is 0. The molecule has 5 heteroatoms. The van der Waals surface area contributed by atoms with Crippen LogP contribution in [0.2, 0.25) is 0 Å². The lowest BCUT2D eigenvalue weighted by Gasteiger charge is -2.05. The molecule has 0 unspecified atom stereocenters. The van der Waals surface area contributed by atoms with E-state index in [0.717, 1.165) is 38.5 Å². The number of rotatable bonds is 15. The van der Waals surface area contributed by atoms with Gasteiger partial charge >= 0.3 is 5.97 Å². The maximum absolute atomic E-state index is 10.9. The minimum Gasteiger partial charge on any atom is -0.509 e. The normalized spacial score (nSPS) is 12.0. The van der Waals surface area contributed by atoms with Crippen LogP contribution in [0.1, 0.15) is 90.4 Å². The summed E-state index contributed by atoms with van der Waals surface area (Å²) in [5, 5.41) is 28.0. The van der Waals surface area contributed by atoms with Gasteiger partial charge in [-0.3, -0.25) is 4.79 Å². The number of carbonyl (C=O) groups excluding carboxylic acids is 1. The fourth-order valence-corrected chi connectivity index (χ4v) is 2.40. The predicted octanol–water partition coefficient (Wildman–Crippen LogP) is 5.06. The molecule has 134 valence electrons. The Labute approximate surface area is 139 Å². The lowest BCUT2D eigenvalue weighted by Crippen LogP contribution is -2.11. The van der Waals surface area contributed by atoms with Gasteiger partial charge in [0.1, 0.15) is 11.5 Å². The molecule has 0 aliphatic carbocycles. The lowest BCUT2D eigenvalue weighted by atomic mass is 10.1. The molecule has 23 heavy (non-hydrogen) atoms. The number of aliphatic hydroxyl groups excluding tert-OH is 2. The highest BCUT2D eigenvalue weighted by molar-refractivity contribution is 6.32. The number of allylic oxidation sites excluding steroid dienone is 2. The van der Waals surface area contributed by atoms with Gasteiger partial charge in [0.25, 0.3) is 0 Å². The third-order valence-electron chi connectivity index (χ3n) is 3.91. The Kier molecular flexibility index (Phi) is 13.2. The highest BCUT2D eigenvalue weighted by Crippen LogP contribution is 2.16. The molecule has 0 saturated carbocycles. The van der Waals surface area contributed by atoms with E-state index in [1.165, 1.54) is 19.3 Å². The monoisotopic (exact) mass is 328 g/mol. The predicted molar refractivity (Wildman–Crippen MR) is 90.6 cm³/mol. The van der Waals surface area contributed by atoms with Crippen molar-refractivity contribution in [2.45, 2.75) is 90.4 Å². The van der Waals surface area contributed by atoms with E-state index in [0.29, 0.717) is 19.3 Å². The summed E-state index contributed by atoms with van der Waals surface area (Å²) in [4.78, 5) is 21.2. The minimum absolute atomic E-state index is 0.0965. The van der Waals surface area contributed by atoms with Crippen molar-refractivity contribution < 1.29 is 24.9 Å². The van der Waals surface area contributed by atoms with E-state index in [1.54, 1.807) is 0 Å². The molecule has 0 aromatic carbocycles. The van der Waals surface area contributed by atoms with Gasteiger partial charge in [0.15, 0.2) is 0 Å². The highest BCUT2D eigenvalue weighted by Gasteiger charge is 2.09. The average molecular weight is 328 g/mol. The molecule has 0 amide bonds. The lowest BCUT2D eigenvalue weighted by molar-refractivity contribution is -0.149. The number of carboxylic acids is 1. The van der Waals surface area contributed by atoms with Gasteiger partial charge in [-0.25, -0.2) is 4.79 Å². The maximum Gasteiger partial charge on any atom is 0.372 e. The number of carbonyl (C=O) groups is 2. The standard InChI is InChI=1S/C18H32O5/c1-2-3-4-6-9-12-15(19)16(20)13-10-7-5-8-11-14-17(21)18(22)23/h19-20H,2-14H2,1H3,(H,22,23). The number of ketones is 1. The zero-order chi connectivity index (χ0) is 17.5. The number of hydrogen-bond donors (Lipinski definition) is 3. The molecule has 0 saturated heterocycles. The third kappa shape index (κ3) is 12.7. The van der Waals surface area contributed by atoms with Crippen molar-refractivity contribution in [3.05, 3.63) is 11.5 Å². The molecule has 5 nitrogen and oxygen atoms in total. The Balaban J connectivity index is 3.60. The largest absolute Gasteiger partial charge is 0.509 e. The van der Waals surface area contributed by atoms with Gasteiger partial charge in [-0.1, -0.05) is 51.9 Å². The van der Waals surface area contributed by atoms with Gasteiger partial charge in [0, 0.05) is 19.3 Å². The topological polar surface area (TPSA) is 94.8 Å². The van der Waals surface area contributed by atoms with Crippen molar-refractivity contribution in [2.75, 3.05) is 0 Å². The Hall–Kier alpha value is -1.52. The molecule has 0 rings (SSSR count). The van der Waals surface area contributed by atoms with E-state index in [1.807, 2.05) is 0 Å². The van der Waals surface area contributed by atoms with Crippen LogP contribution in [0.3, 0.4) is 0 Å². The van der Waals surface area contributed by atoms with Crippen molar-refractivity contribution in [1.29, 1.82) is 0 Å². The van der Waals surface area contributed by atoms with Crippen molar-refractivity contribution >= 4 is 11.8 Å². The van der Waals surface area contributed by atoms with E-state index < -0.39 is 11.8 Å². The van der Waals surface area contributed by atoms with Crippen molar-refractivity contribution in [2.24, 2.45) is 0 Å². The van der Waals surface area contributed by atoms with Gasteiger partial charge in [-0.05, 0) is 19.3 Å². The van der Waals surface area contributed by atoms with Gasteiger partial charge < -0.3 is 15.3 Å².